The molecule has 5 rings (SSSR count). The van der Waals surface area contributed by atoms with Gasteiger partial charge in [0.15, 0.2) is 11.0 Å². The number of halogens is 3. The minimum Gasteiger partial charge on any atom is -0.345 e. The Morgan fingerprint density at radius 1 is 1.00 bits per heavy atom. The summed E-state index contributed by atoms with van der Waals surface area (Å²) < 4.78 is 67.9. The third-order valence-corrected chi connectivity index (χ3v) is 9.91. The summed E-state index contributed by atoms with van der Waals surface area (Å²) in [5.74, 6) is -0.649. The van der Waals surface area contributed by atoms with E-state index < -0.39 is 27.7 Å². The van der Waals surface area contributed by atoms with Gasteiger partial charge < -0.3 is 10.2 Å². The fraction of sp³-hybridized carbons (Fsp3) is 0.267. The van der Waals surface area contributed by atoms with Gasteiger partial charge in [-0.15, -0.1) is 10.2 Å². The molecule has 1 N–H and O–H groups in total. The molecule has 0 saturated carbocycles. The highest BCUT2D eigenvalue weighted by molar-refractivity contribution is 7.99. The normalized spacial score (nSPS) is 13.5. The number of benzene rings is 3. The van der Waals surface area contributed by atoms with Gasteiger partial charge in [0.2, 0.25) is 15.9 Å². The number of carbonyl (C=O) groups excluding carboxylic acids is 2. The first-order valence-electron chi connectivity index (χ1n) is 13.8. The number of carbonyl (C=O) groups is 2. The van der Waals surface area contributed by atoms with E-state index in [9.17, 15) is 31.2 Å². The lowest BCUT2D eigenvalue weighted by Crippen LogP contribution is -2.36. The highest BCUT2D eigenvalue weighted by Crippen LogP contribution is 2.32. The van der Waals surface area contributed by atoms with Gasteiger partial charge in [-0.05, 0) is 66.9 Å². The minimum absolute atomic E-state index is 0.0117. The van der Waals surface area contributed by atoms with E-state index in [1.807, 2.05) is 24.3 Å². The molecule has 15 heteroatoms. The lowest BCUT2D eigenvalue weighted by Gasteiger charge is -2.29. The van der Waals surface area contributed by atoms with Crippen LogP contribution >= 0.6 is 11.8 Å². The summed E-state index contributed by atoms with van der Waals surface area (Å²) >= 11 is 1.03. The standard InChI is InChI=1S/C30H29F3N6O4S2/c1-37(2)45(42,43)24-14-12-21(13-15-24)28(41)34-18-26-35-36-29(39(26)23-10-5-9-22(17-23)30(31,32)33)44-19-27(40)38-16-6-8-20-7-3-4-11-25(20)38/h3-5,7,9-15,17H,6,8,16,18-19H2,1-2H3,(H,34,41). The molecule has 1 aromatic heterocycles. The molecule has 0 bridgehead atoms. The summed E-state index contributed by atoms with van der Waals surface area (Å²) in [6.45, 7) is 0.337. The topological polar surface area (TPSA) is 118 Å². The van der Waals surface area contributed by atoms with E-state index in [0.29, 0.717) is 6.54 Å². The summed E-state index contributed by atoms with van der Waals surface area (Å²) in [6, 6.07) is 17.6. The molecule has 4 aromatic rings. The van der Waals surface area contributed by atoms with Crippen LogP contribution in [0.1, 0.15) is 33.7 Å². The largest absolute Gasteiger partial charge is 0.416 e. The molecule has 3 aromatic carbocycles. The van der Waals surface area contributed by atoms with E-state index in [1.165, 1.54) is 55.1 Å². The second kappa shape index (κ2) is 13.0. The van der Waals surface area contributed by atoms with Crippen molar-refractivity contribution in [3.63, 3.8) is 0 Å². The number of anilines is 1. The average Bonchev–Trinajstić information content (AvgIpc) is 3.44. The first-order chi connectivity index (χ1) is 21.4. The van der Waals surface area contributed by atoms with E-state index in [0.717, 1.165) is 52.3 Å². The predicted molar refractivity (Wildman–Crippen MR) is 163 cm³/mol. The molecular weight excluding hydrogens is 629 g/mol. The van der Waals surface area contributed by atoms with Gasteiger partial charge in [-0.3, -0.25) is 14.2 Å². The van der Waals surface area contributed by atoms with Crippen molar-refractivity contribution in [3.05, 3.63) is 95.3 Å². The molecule has 0 atom stereocenters. The SMILES string of the molecule is CN(C)S(=O)(=O)c1ccc(C(=O)NCc2nnc(SCC(=O)N3CCCc4ccccc43)n2-c2cccc(C(F)(F)F)c2)cc1. The smallest absolute Gasteiger partial charge is 0.345 e. The van der Waals surface area contributed by atoms with Crippen molar-refractivity contribution in [3.8, 4) is 5.69 Å². The van der Waals surface area contributed by atoms with Crippen LogP contribution < -0.4 is 10.2 Å². The van der Waals surface area contributed by atoms with Crippen molar-refractivity contribution in [2.24, 2.45) is 0 Å². The van der Waals surface area contributed by atoms with Crippen LogP contribution in [0.3, 0.4) is 0 Å². The van der Waals surface area contributed by atoms with Gasteiger partial charge in [0.05, 0.1) is 28.4 Å². The molecule has 0 unspecified atom stereocenters. The number of thioether (sulfide) groups is 1. The number of fused-ring (bicyclic) bond motifs is 1. The Labute approximate surface area is 262 Å². The van der Waals surface area contributed by atoms with E-state index in [2.05, 4.69) is 15.5 Å². The zero-order valence-electron chi connectivity index (χ0n) is 24.3. The summed E-state index contributed by atoms with van der Waals surface area (Å²) in [7, 11) is -0.896. The third-order valence-electron chi connectivity index (χ3n) is 7.17. The number of nitrogens with zero attached hydrogens (tertiary/aromatic N) is 5. The van der Waals surface area contributed by atoms with Crippen LogP contribution in [0.5, 0.6) is 0 Å². The average molecular weight is 659 g/mol. The lowest BCUT2D eigenvalue weighted by molar-refractivity contribution is -0.137. The van der Waals surface area contributed by atoms with E-state index in [-0.39, 0.29) is 45.3 Å². The molecule has 0 radical (unpaired) electrons. The van der Waals surface area contributed by atoms with Gasteiger partial charge in [-0.2, -0.15) is 13.2 Å². The molecule has 2 heterocycles. The van der Waals surface area contributed by atoms with Crippen LogP contribution in [-0.4, -0.2) is 65.7 Å². The van der Waals surface area contributed by atoms with Crippen LogP contribution in [-0.2, 0) is 34.0 Å². The van der Waals surface area contributed by atoms with Crippen molar-refractivity contribution in [1.82, 2.24) is 24.4 Å². The van der Waals surface area contributed by atoms with Gasteiger partial charge in [0, 0.05) is 31.9 Å². The zero-order chi connectivity index (χ0) is 32.4. The van der Waals surface area contributed by atoms with Crippen molar-refractivity contribution < 1.29 is 31.2 Å². The van der Waals surface area contributed by atoms with Crippen LogP contribution in [0.25, 0.3) is 5.69 Å². The Balaban J connectivity index is 1.38. The molecule has 0 spiro atoms. The number of hydrogen-bond donors (Lipinski definition) is 1. The molecular formula is C30H29F3N6O4S2. The van der Waals surface area contributed by atoms with Crippen molar-refractivity contribution in [2.75, 3.05) is 31.3 Å². The highest BCUT2D eigenvalue weighted by Gasteiger charge is 2.31. The Bertz CT molecular complexity index is 1830. The number of nitrogens with one attached hydrogen (secondary N) is 1. The monoisotopic (exact) mass is 658 g/mol. The van der Waals surface area contributed by atoms with Crippen LogP contribution in [0.4, 0.5) is 18.9 Å². The first-order valence-corrected chi connectivity index (χ1v) is 16.2. The van der Waals surface area contributed by atoms with Gasteiger partial charge >= 0.3 is 6.18 Å². The quantitative estimate of drug-likeness (QED) is 0.263. The summed E-state index contributed by atoms with van der Waals surface area (Å²) in [5, 5.41) is 11.1. The maximum Gasteiger partial charge on any atom is 0.416 e. The number of aryl methyl sites for hydroxylation is 1. The lowest BCUT2D eigenvalue weighted by atomic mass is 10.0. The Hall–Kier alpha value is -4.21. The molecule has 0 aliphatic carbocycles. The van der Waals surface area contributed by atoms with E-state index in [1.54, 1.807) is 4.90 Å². The number of amides is 2. The minimum atomic E-state index is -4.60. The van der Waals surface area contributed by atoms with Gasteiger partial charge in [-0.25, -0.2) is 12.7 Å². The Morgan fingerprint density at radius 2 is 1.73 bits per heavy atom. The van der Waals surface area contributed by atoms with Crippen molar-refractivity contribution in [2.45, 2.75) is 35.6 Å². The van der Waals surface area contributed by atoms with Crippen LogP contribution in [0.2, 0.25) is 0 Å². The summed E-state index contributed by atoms with van der Waals surface area (Å²) in [4.78, 5) is 27.9. The van der Waals surface area contributed by atoms with Crippen LogP contribution in [0, 0.1) is 0 Å². The third kappa shape index (κ3) is 7.05. The second-order valence-electron chi connectivity index (χ2n) is 10.3. The number of hydrogen-bond acceptors (Lipinski definition) is 7. The van der Waals surface area contributed by atoms with Crippen molar-refractivity contribution >= 4 is 39.3 Å². The number of sulfonamides is 1. The van der Waals surface area contributed by atoms with E-state index >= 15 is 0 Å². The fourth-order valence-electron chi connectivity index (χ4n) is 4.84. The molecule has 1 aliphatic rings. The molecule has 2 amide bonds. The molecule has 1 aliphatic heterocycles. The highest BCUT2D eigenvalue weighted by atomic mass is 32.2. The number of alkyl halides is 3. The first kappa shape index (κ1) is 32.2. The number of para-hydroxylation sites is 1. The van der Waals surface area contributed by atoms with Gasteiger partial charge in [0.25, 0.3) is 5.91 Å². The zero-order valence-corrected chi connectivity index (χ0v) is 25.9. The van der Waals surface area contributed by atoms with Gasteiger partial charge in [0.1, 0.15) is 0 Å². The van der Waals surface area contributed by atoms with Crippen molar-refractivity contribution in [1.29, 1.82) is 0 Å². The Kier molecular flexibility index (Phi) is 9.32. The summed E-state index contributed by atoms with van der Waals surface area (Å²) in [6.07, 6.45) is -2.92. The molecule has 10 nitrogen and oxygen atoms in total. The number of aromatic nitrogens is 3. The molecule has 236 valence electrons. The molecule has 0 saturated heterocycles. The predicted octanol–water partition coefficient (Wildman–Crippen LogP) is 4.54. The number of rotatable bonds is 9. The maximum atomic E-state index is 13.6. The molecule has 45 heavy (non-hydrogen) atoms. The maximum absolute atomic E-state index is 13.6. The Morgan fingerprint density at radius 3 is 2.44 bits per heavy atom. The van der Waals surface area contributed by atoms with E-state index in [4.69, 9.17) is 0 Å². The second-order valence-corrected chi connectivity index (χ2v) is 13.4. The van der Waals surface area contributed by atoms with Crippen LogP contribution in [0.15, 0.2) is 82.8 Å². The summed E-state index contributed by atoms with van der Waals surface area (Å²) in [5.41, 5.74) is 1.30. The fourth-order valence-corrected chi connectivity index (χ4v) is 6.58. The molecule has 0 fully saturated rings. The van der Waals surface area contributed by atoms with Gasteiger partial charge in [-0.1, -0.05) is 36.0 Å².